The van der Waals surface area contributed by atoms with E-state index in [1.165, 1.54) is 0 Å². The van der Waals surface area contributed by atoms with Gasteiger partial charge in [-0.25, -0.2) is 13.6 Å². The van der Waals surface area contributed by atoms with Crippen molar-refractivity contribution >= 4 is 27.6 Å². The summed E-state index contributed by atoms with van der Waals surface area (Å²) in [6, 6.07) is 1.27. The molecule has 0 heterocycles. The fourth-order valence-electron chi connectivity index (χ4n) is 1.06. The van der Waals surface area contributed by atoms with Crippen LogP contribution in [0.4, 0.5) is 19.3 Å². The number of hydrogen-bond donors (Lipinski definition) is 2. The third-order valence-electron chi connectivity index (χ3n) is 1.78. The zero-order chi connectivity index (χ0) is 12.1. The lowest BCUT2D eigenvalue weighted by Crippen LogP contribution is -2.29. The van der Waals surface area contributed by atoms with E-state index in [1.54, 1.807) is 0 Å². The van der Waals surface area contributed by atoms with E-state index in [0.717, 1.165) is 12.5 Å². The van der Waals surface area contributed by atoms with Crippen LogP contribution in [0, 0.1) is 11.6 Å². The number of anilines is 1. The molecule has 2 amide bonds. The van der Waals surface area contributed by atoms with Crippen LogP contribution in [0.2, 0.25) is 0 Å². The lowest BCUT2D eigenvalue weighted by Gasteiger charge is -2.09. The minimum atomic E-state index is -0.821. The van der Waals surface area contributed by atoms with Gasteiger partial charge in [-0.3, -0.25) is 0 Å². The number of rotatable bonds is 3. The van der Waals surface area contributed by atoms with Crippen LogP contribution < -0.4 is 10.6 Å². The lowest BCUT2D eigenvalue weighted by molar-refractivity contribution is 0.252. The fourth-order valence-corrected chi connectivity index (χ4v) is 1.57. The van der Waals surface area contributed by atoms with Gasteiger partial charge in [-0.1, -0.05) is 6.92 Å². The van der Waals surface area contributed by atoms with E-state index in [9.17, 15) is 13.6 Å². The number of amides is 2. The molecule has 2 N–H and O–H groups in total. The average molecular weight is 293 g/mol. The van der Waals surface area contributed by atoms with E-state index in [-0.39, 0.29) is 10.2 Å². The van der Waals surface area contributed by atoms with Gasteiger partial charge in [0, 0.05) is 17.1 Å². The first-order valence-corrected chi connectivity index (χ1v) is 5.53. The van der Waals surface area contributed by atoms with Gasteiger partial charge in [0.25, 0.3) is 0 Å². The minimum absolute atomic E-state index is 0.0741. The molecule has 88 valence electrons. The number of carbonyl (C=O) groups excluding carboxylic acids is 1. The summed E-state index contributed by atoms with van der Waals surface area (Å²) in [7, 11) is 0. The Balaban J connectivity index is 2.77. The number of urea groups is 1. The SMILES string of the molecule is CCCNC(=O)Nc1c(F)cc(F)cc1Br. The van der Waals surface area contributed by atoms with E-state index in [2.05, 4.69) is 26.6 Å². The molecule has 3 nitrogen and oxygen atoms in total. The molecule has 0 bridgehead atoms. The van der Waals surface area contributed by atoms with Crippen molar-refractivity contribution in [2.24, 2.45) is 0 Å². The Morgan fingerprint density at radius 3 is 2.69 bits per heavy atom. The van der Waals surface area contributed by atoms with Crippen molar-refractivity contribution in [1.29, 1.82) is 0 Å². The second-order valence-electron chi connectivity index (χ2n) is 3.13. The van der Waals surface area contributed by atoms with Crippen LogP contribution in [-0.2, 0) is 0 Å². The average Bonchev–Trinajstić information content (AvgIpc) is 2.20. The van der Waals surface area contributed by atoms with Crippen molar-refractivity contribution in [3.8, 4) is 0 Å². The molecule has 0 aliphatic heterocycles. The molecule has 6 heteroatoms. The lowest BCUT2D eigenvalue weighted by atomic mass is 10.3. The van der Waals surface area contributed by atoms with E-state index in [0.29, 0.717) is 12.6 Å². The molecule has 0 atom stereocenters. The van der Waals surface area contributed by atoms with Crippen LogP contribution in [0.25, 0.3) is 0 Å². The van der Waals surface area contributed by atoms with Gasteiger partial charge in [0.15, 0.2) is 5.82 Å². The molecule has 0 saturated carbocycles. The number of carbonyl (C=O) groups is 1. The van der Waals surface area contributed by atoms with E-state index in [4.69, 9.17) is 0 Å². The second-order valence-corrected chi connectivity index (χ2v) is 3.98. The summed E-state index contributed by atoms with van der Waals surface area (Å²) < 4.78 is 26.2. The third kappa shape index (κ3) is 3.44. The Labute approximate surface area is 100 Å². The monoisotopic (exact) mass is 292 g/mol. The number of halogens is 3. The van der Waals surface area contributed by atoms with Gasteiger partial charge >= 0.3 is 6.03 Å². The molecule has 0 aromatic heterocycles. The third-order valence-corrected chi connectivity index (χ3v) is 2.41. The summed E-state index contributed by atoms with van der Waals surface area (Å²) in [5.74, 6) is -1.53. The Kier molecular flexibility index (Phi) is 4.67. The topological polar surface area (TPSA) is 41.1 Å². The fraction of sp³-hybridized carbons (Fsp3) is 0.300. The molecule has 1 aromatic rings. The first-order valence-electron chi connectivity index (χ1n) is 4.74. The van der Waals surface area contributed by atoms with Crippen LogP contribution in [0.15, 0.2) is 16.6 Å². The number of hydrogen-bond acceptors (Lipinski definition) is 1. The van der Waals surface area contributed by atoms with E-state index >= 15 is 0 Å². The molecular formula is C10H11BrF2N2O. The summed E-state index contributed by atoms with van der Waals surface area (Å²) in [4.78, 5) is 11.3. The summed E-state index contributed by atoms with van der Waals surface area (Å²) in [6.45, 7) is 2.39. The van der Waals surface area contributed by atoms with Gasteiger partial charge in [0.1, 0.15) is 5.82 Å². The van der Waals surface area contributed by atoms with Gasteiger partial charge < -0.3 is 10.6 Å². The molecule has 0 radical (unpaired) electrons. The molecule has 1 rings (SSSR count). The van der Waals surface area contributed by atoms with E-state index in [1.807, 2.05) is 6.92 Å². The Bertz CT molecular complexity index is 375. The Hall–Kier alpha value is -1.17. The maximum atomic E-state index is 13.3. The van der Waals surface area contributed by atoms with Crippen molar-refractivity contribution in [2.75, 3.05) is 11.9 Å². The van der Waals surface area contributed by atoms with Crippen LogP contribution in [0.1, 0.15) is 13.3 Å². The summed E-state index contributed by atoms with van der Waals surface area (Å²) >= 11 is 2.97. The molecule has 0 aliphatic carbocycles. The van der Waals surface area contributed by atoms with Crippen molar-refractivity contribution in [2.45, 2.75) is 13.3 Å². The summed E-state index contributed by atoms with van der Waals surface area (Å²) in [5.41, 5.74) is -0.0741. The first-order chi connectivity index (χ1) is 7.54. The Morgan fingerprint density at radius 2 is 2.12 bits per heavy atom. The second kappa shape index (κ2) is 5.79. The van der Waals surface area contributed by atoms with Gasteiger partial charge in [0.05, 0.1) is 5.69 Å². The predicted molar refractivity (Wildman–Crippen MR) is 61.4 cm³/mol. The summed E-state index contributed by atoms with van der Waals surface area (Å²) in [5, 5.41) is 4.82. The number of nitrogens with one attached hydrogen (secondary N) is 2. The van der Waals surface area contributed by atoms with Crippen LogP contribution >= 0.6 is 15.9 Å². The maximum absolute atomic E-state index is 13.3. The maximum Gasteiger partial charge on any atom is 0.319 e. The molecule has 0 saturated heterocycles. The quantitative estimate of drug-likeness (QED) is 0.882. The summed E-state index contributed by atoms with van der Waals surface area (Å²) in [6.07, 6.45) is 0.778. The smallest absolute Gasteiger partial charge is 0.319 e. The highest BCUT2D eigenvalue weighted by Gasteiger charge is 2.11. The zero-order valence-electron chi connectivity index (χ0n) is 8.61. The molecule has 0 spiro atoms. The number of benzene rings is 1. The highest BCUT2D eigenvalue weighted by Crippen LogP contribution is 2.26. The molecule has 1 aromatic carbocycles. The molecule has 0 aliphatic rings. The van der Waals surface area contributed by atoms with Gasteiger partial charge in [-0.05, 0) is 28.4 Å². The van der Waals surface area contributed by atoms with Crippen molar-refractivity contribution in [3.63, 3.8) is 0 Å². The highest BCUT2D eigenvalue weighted by molar-refractivity contribution is 9.10. The zero-order valence-corrected chi connectivity index (χ0v) is 10.2. The van der Waals surface area contributed by atoms with Crippen LogP contribution in [0.5, 0.6) is 0 Å². The normalized spacial score (nSPS) is 10.0. The highest BCUT2D eigenvalue weighted by atomic mass is 79.9. The van der Waals surface area contributed by atoms with Crippen molar-refractivity contribution in [1.82, 2.24) is 5.32 Å². The molecule has 16 heavy (non-hydrogen) atoms. The van der Waals surface area contributed by atoms with E-state index < -0.39 is 17.7 Å². The van der Waals surface area contributed by atoms with Gasteiger partial charge in [0.2, 0.25) is 0 Å². The Morgan fingerprint density at radius 1 is 1.44 bits per heavy atom. The standard InChI is InChI=1S/C10H11BrF2N2O/c1-2-3-14-10(16)15-9-7(11)4-6(12)5-8(9)13/h4-5H,2-3H2,1H3,(H2,14,15,16). The van der Waals surface area contributed by atoms with Gasteiger partial charge in [-0.15, -0.1) is 0 Å². The van der Waals surface area contributed by atoms with Crippen LogP contribution in [-0.4, -0.2) is 12.6 Å². The van der Waals surface area contributed by atoms with Gasteiger partial charge in [-0.2, -0.15) is 0 Å². The largest absolute Gasteiger partial charge is 0.338 e. The minimum Gasteiger partial charge on any atom is -0.338 e. The van der Waals surface area contributed by atoms with Crippen molar-refractivity contribution in [3.05, 3.63) is 28.2 Å². The van der Waals surface area contributed by atoms with Crippen molar-refractivity contribution < 1.29 is 13.6 Å². The molecular weight excluding hydrogens is 282 g/mol. The van der Waals surface area contributed by atoms with Crippen LogP contribution in [0.3, 0.4) is 0 Å². The molecule has 0 unspecified atom stereocenters. The predicted octanol–water partition coefficient (Wildman–Crippen LogP) is 3.26. The first kappa shape index (κ1) is 12.9. The molecule has 0 fully saturated rings.